The molecule has 1 N–H and O–H groups in total. The van der Waals surface area contributed by atoms with Crippen LogP contribution >= 0.6 is 0 Å². The number of benzene rings is 1. The van der Waals surface area contributed by atoms with Crippen molar-refractivity contribution in [2.75, 3.05) is 26.2 Å². The van der Waals surface area contributed by atoms with Gasteiger partial charge >= 0.3 is 0 Å². The summed E-state index contributed by atoms with van der Waals surface area (Å²) in [6.07, 6.45) is 1.82. The molecule has 2 saturated heterocycles. The molecule has 0 saturated carbocycles. The Morgan fingerprint density at radius 3 is 2.67 bits per heavy atom. The van der Waals surface area contributed by atoms with Gasteiger partial charge in [-0.3, -0.25) is 19.5 Å². The van der Waals surface area contributed by atoms with E-state index in [9.17, 15) is 4.79 Å². The first-order valence-electron chi connectivity index (χ1n) is 10.4. The largest absolute Gasteiger partial charge is 0.337 e. The predicted octanol–water partition coefficient (Wildman–Crippen LogP) is 1.68. The van der Waals surface area contributed by atoms with Crippen LogP contribution in [0.2, 0.25) is 0 Å². The molecule has 1 aromatic carbocycles. The molecule has 2 aromatic heterocycles. The fraction of sp³-hybridized carbons (Fsp3) is 0.455. The Morgan fingerprint density at radius 2 is 2.00 bits per heavy atom. The molecule has 2 fully saturated rings. The number of hydrogen-bond donors (Lipinski definition) is 1. The molecule has 156 valence electrons. The lowest BCUT2D eigenvalue weighted by Crippen LogP contribution is -2.40. The molecule has 2 atom stereocenters. The highest BCUT2D eigenvalue weighted by Gasteiger charge is 2.56. The molecule has 8 nitrogen and oxygen atoms in total. The molecule has 0 spiro atoms. The summed E-state index contributed by atoms with van der Waals surface area (Å²) in [6, 6.07) is 10.5. The second-order valence-corrected chi connectivity index (χ2v) is 8.74. The van der Waals surface area contributed by atoms with Gasteiger partial charge in [0.15, 0.2) is 5.82 Å². The van der Waals surface area contributed by atoms with E-state index >= 15 is 0 Å². The number of rotatable bonds is 4. The van der Waals surface area contributed by atoms with Gasteiger partial charge in [-0.2, -0.15) is 10.2 Å². The normalized spacial score (nSPS) is 23.8. The van der Waals surface area contributed by atoms with Gasteiger partial charge in [0.1, 0.15) is 5.82 Å². The minimum atomic E-state index is -0.245. The molecule has 3 aromatic rings. The average molecular weight is 406 g/mol. The average Bonchev–Trinajstić information content (AvgIpc) is 3.45. The third kappa shape index (κ3) is 3.11. The Balaban J connectivity index is 1.42. The number of aromatic nitrogens is 5. The molecule has 30 heavy (non-hydrogen) atoms. The van der Waals surface area contributed by atoms with E-state index < -0.39 is 0 Å². The van der Waals surface area contributed by atoms with Crippen LogP contribution in [0.3, 0.4) is 0 Å². The zero-order valence-corrected chi connectivity index (χ0v) is 17.7. The van der Waals surface area contributed by atoms with Crippen LogP contribution in [0.25, 0.3) is 0 Å². The smallest absolute Gasteiger partial charge is 0.257 e. The second-order valence-electron chi connectivity index (χ2n) is 8.74. The number of H-pyrrole nitrogens is 1. The SMILES string of the molecule is Cc1nc([C@]23CN(Cc4ccccc4)C[C@H]2CN(C(=O)c2cn(C)nc2C)C3)n[nH]1. The lowest BCUT2D eigenvalue weighted by Gasteiger charge is -2.27. The van der Waals surface area contributed by atoms with Gasteiger partial charge in [-0.15, -0.1) is 0 Å². The van der Waals surface area contributed by atoms with Gasteiger partial charge in [0, 0.05) is 51.9 Å². The number of likely N-dealkylation sites (tertiary alicyclic amines) is 2. The van der Waals surface area contributed by atoms with E-state index in [1.165, 1.54) is 5.56 Å². The molecule has 4 heterocycles. The van der Waals surface area contributed by atoms with Crippen LogP contribution in [-0.2, 0) is 19.0 Å². The summed E-state index contributed by atoms with van der Waals surface area (Å²) in [6.45, 7) is 7.84. The van der Waals surface area contributed by atoms with Crippen LogP contribution < -0.4 is 0 Å². The highest BCUT2D eigenvalue weighted by atomic mass is 16.2. The van der Waals surface area contributed by atoms with Crippen LogP contribution in [0.1, 0.15) is 33.3 Å². The minimum absolute atomic E-state index is 0.0521. The summed E-state index contributed by atoms with van der Waals surface area (Å²) < 4.78 is 1.70. The molecule has 1 amide bonds. The van der Waals surface area contributed by atoms with E-state index in [1.807, 2.05) is 38.1 Å². The van der Waals surface area contributed by atoms with Crippen LogP contribution in [0.5, 0.6) is 0 Å². The van der Waals surface area contributed by atoms with E-state index in [1.54, 1.807) is 4.68 Å². The number of fused-ring (bicyclic) bond motifs is 1. The molecule has 0 bridgehead atoms. The van der Waals surface area contributed by atoms with Crippen LogP contribution in [0.15, 0.2) is 36.5 Å². The Kier molecular flexibility index (Phi) is 4.47. The first-order valence-corrected chi connectivity index (χ1v) is 10.4. The molecule has 0 unspecified atom stereocenters. The highest BCUT2D eigenvalue weighted by Crippen LogP contribution is 2.44. The predicted molar refractivity (Wildman–Crippen MR) is 112 cm³/mol. The van der Waals surface area contributed by atoms with Crippen molar-refractivity contribution < 1.29 is 4.79 Å². The third-order valence-electron chi connectivity index (χ3n) is 6.50. The third-order valence-corrected chi connectivity index (χ3v) is 6.50. The number of nitrogens with one attached hydrogen (secondary N) is 1. The van der Waals surface area contributed by atoms with Gasteiger partial charge in [-0.25, -0.2) is 4.98 Å². The summed E-state index contributed by atoms with van der Waals surface area (Å²) in [4.78, 5) is 22.4. The lowest BCUT2D eigenvalue weighted by molar-refractivity contribution is 0.0768. The Labute approximate surface area is 175 Å². The Hall–Kier alpha value is -3.00. The molecular weight excluding hydrogens is 378 g/mol. The molecule has 5 rings (SSSR count). The number of carbonyl (C=O) groups is 1. The van der Waals surface area contributed by atoms with Crippen molar-refractivity contribution in [2.24, 2.45) is 13.0 Å². The maximum Gasteiger partial charge on any atom is 0.257 e. The summed E-state index contributed by atoms with van der Waals surface area (Å²) >= 11 is 0. The standard InChI is InChI=1S/C22H27N7O/c1-15-19(12-27(3)26-15)20(30)29-11-18-10-28(9-17-7-5-4-6-8-17)13-22(18,14-29)21-23-16(2)24-25-21/h4-8,12,18H,9-11,13-14H2,1-3H3,(H,23,24,25)/t18-,22-/m0/s1. The van der Waals surface area contributed by atoms with E-state index in [0.29, 0.717) is 24.6 Å². The monoisotopic (exact) mass is 405 g/mol. The van der Waals surface area contributed by atoms with Crippen molar-refractivity contribution in [1.82, 2.24) is 34.8 Å². The van der Waals surface area contributed by atoms with E-state index in [2.05, 4.69) is 44.5 Å². The molecule has 2 aliphatic rings. The maximum atomic E-state index is 13.3. The molecule has 8 heteroatoms. The van der Waals surface area contributed by atoms with Crippen molar-refractivity contribution in [1.29, 1.82) is 0 Å². The van der Waals surface area contributed by atoms with Crippen LogP contribution in [0, 0.1) is 19.8 Å². The fourth-order valence-corrected chi connectivity index (χ4v) is 5.15. The van der Waals surface area contributed by atoms with Crippen LogP contribution in [0.4, 0.5) is 0 Å². The molecule has 2 aliphatic heterocycles. The number of carbonyl (C=O) groups excluding carboxylic acids is 1. The number of amides is 1. The maximum absolute atomic E-state index is 13.3. The summed E-state index contributed by atoms with van der Waals surface area (Å²) in [5.74, 6) is 2.00. The quantitative estimate of drug-likeness (QED) is 0.714. The van der Waals surface area contributed by atoms with Gasteiger partial charge in [0.25, 0.3) is 5.91 Å². The number of aromatic amines is 1. The van der Waals surface area contributed by atoms with Crippen molar-refractivity contribution in [3.8, 4) is 0 Å². The van der Waals surface area contributed by atoms with E-state index in [4.69, 9.17) is 4.98 Å². The fourth-order valence-electron chi connectivity index (χ4n) is 5.15. The topological polar surface area (TPSA) is 82.9 Å². The van der Waals surface area contributed by atoms with Gasteiger partial charge < -0.3 is 4.90 Å². The first-order chi connectivity index (χ1) is 14.4. The zero-order valence-electron chi connectivity index (χ0n) is 17.7. The molecular formula is C22H27N7O. The number of hydrogen-bond acceptors (Lipinski definition) is 5. The number of aryl methyl sites for hydroxylation is 3. The first kappa shape index (κ1) is 19.0. The second kappa shape index (κ2) is 7.05. The van der Waals surface area contributed by atoms with Crippen LogP contribution in [-0.4, -0.2) is 66.8 Å². The van der Waals surface area contributed by atoms with Gasteiger partial charge in [0.2, 0.25) is 0 Å². The van der Waals surface area contributed by atoms with E-state index in [-0.39, 0.29) is 11.3 Å². The summed E-state index contributed by atoms with van der Waals surface area (Å²) in [5, 5.41) is 11.9. The van der Waals surface area contributed by atoms with Crippen molar-refractivity contribution in [2.45, 2.75) is 25.8 Å². The van der Waals surface area contributed by atoms with Gasteiger partial charge in [0.05, 0.1) is 16.7 Å². The zero-order chi connectivity index (χ0) is 20.9. The molecule has 0 aliphatic carbocycles. The van der Waals surface area contributed by atoms with Crippen molar-refractivity contribution >= 4 is 5.91 Å². The van der Waals surface area contributed by atoms with Crippen molar-refractivity contribution in [3.05, 3.63) is 65.0 Å². The highest BCUT2D eigenvalue weighted by molar-refractivity contribution is 5.95. The van der Waals surface area contributed by atoms with Gasteiger partial charge in [-0.05, 0) is 19.4 Å². The molecule has 0 radical (unpaired) electrons. The van der Waals surface area contributed by atoms with Crippen molar-refractivity contribution in [3.63, 3.8) is 0 Å². The number of nitrogens with zero attached hydrogens (tertiary/aromatic N) is 6. The Morgan fingerprint density at radius 1 is 1.20 bits per heavy atom. The summed E-state index contributed by atoms with van der Waals surface area (Å²) in [7, 11) is 1.85. The Bertz CT molecular complexity index is 1070. The van der Waals surface area contributed by atoms with Gasteiger partial charge in [-0.1, -0.05) is 30.3 Å². The lowest BCUT2D eigenvalue weighted by atomic mass is 9.80. The van der Waals surface area contributed by atoms with E-state index in [0.717, 1.165) is 37.0 Å². The summed E-state index contributed by atoms with van der Waals surface area (Å²) in [5.41, 5.74) is 2.51. The minimum Gasteiger partial charge on any atom is -0.337 e.